The van der Waals surface area contributed by atoms with Crippen molar-refractivity contribution < 1.29 is 26.2 Å². The standard InChI is InChI=1S/C21H17F2NO4S/c1-13-3-4-14(2)20(11-13)29(26,27)28-17-8-5-15(6-9-17)21(25)24-19-12-16(22)7-10-18(19)23/h3-12H,1-2H3,(H,24,25). The monoisotopic (exact) mass is 417 g/mol. The van der Waals surface area contributed by atoms with Crippen molar-refractivity contribution in [1.82, 2.24) is 0 Å². The van der Waals surface area contributed by atoms with Crippen molar-refractivity contribution in [1.29, 1.82) is 0 Å². The molecule has 0 heterocycles. The van der Waals surface area contributed by atoms with E-state index in [4.69, 9.17) is 4.18 Å². The number of halogens is 2. The van der Waals surface area contributed by atoms with E-state index in [2.05, 4.69) is 5.32 Å². The SMILES string of the molecule is Cc1ccc(C)c(S(=O)(=O)Oc2ccc(C(=O)Nc3cc(F)ccc3F)cc2)c1. The lowest BCUT2D eigenvalue weighted by atomic mass is 10.2. The Morgan fingerprint density at radius 2 is 1.62 bits per heavy atom. The maximum absolute atomic E-state index is 13.6. The summed E-state index contributed by atoms with van der Waals surface area (Å²) >= 11 is 0. The summed E-state index contributed by atoms with van der Waals surface area (Å²) in [5, 5.41) is 2.26. The summed E-state index contributed by atoms with van der Waals surface area (Å²) in [7, 11) is -4.05. The van der Waals surface area contributed by atoms with Gasteiger partial charge < -0.3 is 9.50 Å². The van der Waals surface area contributed by atoms with Crippen LogP contribution in [0.1, 0.15) is 21.5 Å². The highest BCUT2D eigenvalue weighted by atomic mass is 32.2. The molecular weight excluding hydrogens is 400 g/mol. The van der Waals surface area contributed by atoms with Crippen molar-refractivity contribution in [3.63, 3.8) is 0 Å². The second-order valence-electron chi connectivity index (χ2n) is 6.41. The van der Waals surface area contributed by atoms with Crippen LogP contribution in [0.25, 0.3) is 0 Å². The number of amides is 1. The predicted octanol–water partition coefficient (Wildman–Crippen LogP) is 4.60. The molecular formula is C21H17F2NO4S. The third kappa shape index (κ3) is 4.78. The van der Waals surface area contributed by atoms with E-state index in [1.54, 1.807) is 26.0 Å². The number of hydrogen-bond donors (Lipinski definition) is 1. The average Bonchev–Trinajstić information content (AvgIpc) is 2.66. The Bertz CT molecular complexity index is 1180. The number of hydrogen-bond acceptors (Lipinski definition) is 4. The third-order valence-corrected chi connectivity index (χ3v) is 5.50. The minimum absolute atomic E-state index is 0.0133. The Morgan fingerprint density at radius 1 is 0.931 bits per heavy atom. The minimum Gasteiger partial charge on any atom is -0.379 e. The lowest BCUT2D eigenvalue weighted by Crippen LogP contribution is -2.14. The summed E-state index contributed by atoms with van der Waals surface area (Å²) in [6.45, 7) is 3.43. The molecule has 0 saturated heterocycles. The molecule has 0 aromatic heterocycles. The van der Waals surface area contributed by atoms with E-state index in [0.717, 1.165) is 23.8 Å². The molecule has 29 heavy (non-hydrogen) atoms. The van der Waals surface area contributed by atoms with Gasteiger partial charge in [-0.3, -0.25) is 4.79 Å². The summed E-state index contributed by atoms with van der Waals surface area (Å²) in [6, 6.07) is 12.9. The fourth-order valence-corrected chi connectivity index (χ4v) is 3.84. The molecule has 3 aromatic rings. The average molecular weight is 417 g/mol. The third-order valence-electron chi connectivity index (χ3n) is 4.11. The highest BCUT2D eigenvalue weighted by Crippen LogP contribution is 2.23. The van der Waals surface area contributed by atoms with Gasteiger partial charge in [-0.1, -0.05) is 12.1 Å². The van der Waals surface area contributed by atoms with Crippen LogP contribution in [-0.2, 0) is 10.1 Å². The summed E-state index contributed by atoms with van der Waals surface area (Å²) in [6.07, 6.45) is 0. The van der Waals surface area contributed by atoms with E-state index >= 15 is 0 Å². The molecule has 0 fully saturated rings. The molecule has 0 bridgehead atoms. The van der Waals surface area contributed by atoms with Crippen molar-refractivity contribution in [2.75, 3.05) is 5.32 Å². The first-order valence-corrected chi connectivity index (χ1v) is 9.95. The number of carbonyl (C=O) groups is 1. The van der Waals surface area contributed by atoms with Crippen molar-refractivity contribution in [3.05, 3.63) is 89.0 Å². The van der Waals surface area contributed by atoms with Gasteiger partial charge >= 0.3 is 10.1 Å². The van der Waals surface area contributed by atoms with Crippen LogP contribution in [0.3, 0.4) is 0 Å². The van der Waals surface area contributed by atoms with Crippen LogP contribution in [-0.4, -0.2) is 14.3 Å². The smallest absolute Gasteiger partial charge is 0.339 e. The maximum Gasteiger partial charge on any atom is 0.339 e. The summed E-state index contributed by atoms with van der Waals surface area (Å²) < 4.78 is 57.1. The maximum atomic E-state index is 13.6. The fourth-order valence-electron chi connectivity index (χ4n) is 2.60. The Morgan fingerprint density at radius 3 is 2.31 bits per heavy atom. The van der Waals surface area contributed by atoms with Gasteiger partial charge in [0.1, 0.15) is 22.3 Å². The van der Waals surface area contributed by atoms with Gasteiger partial charge in [-0.2, -0.15) is 8.42 Å². The highest BCUT2D eigenvalue weighted by molar-refractivity contribution is 7.87. The molecule has 1 N–H and O–H groups in total. The number of aryl methyl sites for hydroxylation is 2. The van der Waals surface area contributed by atoms with Gasteiger partial charge in [0.05, 0.1) is 5.69 Å². The molecule has 3 aromatic carbocycles. The van der Waals surface area contributed by atoms with Gasteiger partial charge in [-0.05, 0) is 67.4 Å². The number of anilines is 1. The van der Waals surface area contributed by atoms with Crippen molar-refractivity contribution in [2.24, 2.45) is 0 Å². The number of benzene rings is 3. The summed E-state index contributed by atoms with van der Waals surface area (Å²) in [4.78, 5) is 12.3. The van der Waals surface area contributed by atoms with Crippen molar-refractivity contribution in [2.45, 2.75) is 18.7 Å². The van der Waals surface area contributed by atoms with Gasteiger partial charge in [0.2, 0.25) is 0 Å². The van der Waals surface area contributed by atoms with E-state index in [0.29, 0.717) is 5.56 Å². The van der Waals surface area contributed by atoms with Gasteiger partial charge in [0.25, 0.3) is 5.91 Å². The summed E-state index contributed by atoms with van der Waals surface area (Å²) in [5.41, 5.74) is 1.14. The zero-order valence-electron chi connectivity index (χ0n) is 15.6. The zero-order chi connectivity index (χ0) is 21.2. The molecule has 1 amide bonds. The molecule has 0 aliphatic heterocycles. The van der Waals surface area contributed by atoms with Crippen LogP contribution in [0.15, 0.2) is 65.6 Å². The van der Waals surface area contributed by atoms with Gasteiger partial charge in [0, 0.05) is 11.6 Å². The number of carbonyl (C=O) groups excluding carboxylic acids is 1. The molecule has 0 aliphatic carbocycles. The van der Waals surface area contributed by atoms with Crippen molar-refractivity contribution in [3.8, 4) is 5.75 Å². The predicted molar refractivity (Wildman–Crippen MR) is 104 cm³/mol. The molecule has 0 saturated carbocycles. The second kappa shape index (κ2) is 8.00. The van der Waals surface area contributed by atoms with E-state index in [1.807, 2.05) is 0 Å². The molecule has 0 aliphatic rings. The van der Waals surface area contributed by atoms with Crippen LogP contribution < -0.4 is 9.50 Å². The lowest BCUT2D eigenvalue weighted by Gasteiger charge is -2.11. The molecule has 150 valence electrons. The van der Waals surface area contributed by atoms with E-state index in [1.165, 1.54) is 30.3 Å². The molecule has 0 radical (unpaired) electrons. The fraction of sp³-hybridized carbons (Fsp3) is 0.0952. The van der Waals surface area contributed by atoms with E-state index in [9.17, 15) is 22.0 Å². The van der Waals surface area contributed by atoms with Crippen LogP contribution in [0.5, 0.6) is 5.75 Å². The topological polar surface area (TPSA) is 72.5 Å². The molecule has 8 heteroatoms. The highest BCUT2D eigenvalue weighted by Gasteiger charge is 2.20. The zero-order valence-corrected chi connectivity index (χ0v) is 16.4. The minimum atomic E-state index is -4.05. The number of rotatable bonds is 5. The Kier molecular flexibility index (Phi) is 5.65. The van der Waals surface area contributed by atoms with Gasteiger partial charge in [0.15, 0.2) is 0 Å². The molecule has 3 rings (SSSR count). The lowest BCUT2D eigenvalue weighted by molar-refractivity contribution is 0.102. The summed E-state index contributed by atoms with van der Waals surface area (Å²) in [5.74, 6) is -2.14. The second-order valence-corrected chi connectivity index (χ2v) is 7.92. The van der Waals surface area contributed by atoms with Crippen LogP contribution >= 0.6 is 0 Å². The van der Waals surface area contributed by atoms with Gasteiger partial charge in [-0.15, -0.1) is 0 Å². The van der Waals surface area contributed by atoms with Crippen LogP contribution in [0.4, 0.5) is 14.5 Å². The van der Waals surface area contributed by atoms with E-state index in [-0.39, 0.29) is 21.9 Å². The van der Waals surface area contributed by atoms with Gasteiger partial charge in [-0.25, -0.2) is 8.78 Å². The first-order chi connectivity index (χ1) is 13.7. The van der Waals surface area contributed by atoms with E-state index < -0.39 is 27.7 Å². The molecule has 5 nitrogen and oxygen atoms in total. The molecule has 0 unspecified atom stereocenters. The Hall–Kier alpha value is -3.26. The quantitative estimate of drug-likeness (QED) is 0.616. The van der Waals surface area contributed by atoms with Crippen molar-refractivity contribution >= 4 is 21.7 Å². The normalized spacial score (nSPS) is 11.2. The Labute approximate surface area is 167 Å². The first-order valence-electron chi connectivity index (χ1n) is 8.54. The Balaban J connectivity index is 1.77. The van der Waals surface area contributed by atoms with Crippen LogP contribution in [0.2, 0.25) is 0 Å². The largest absolute Gasteiger partial charge is 0.379 e. The molecule has 0 spiro atoms. The van der Waals surface area contributed by atoms with Crippen LogP contribution in [0, 0.1) is 25.5 Å². The molecule has 0 atom stereocenters. The first kappa shape index (κ1) is 20.5. The number of nitrogens with one attached hydrogen (secondary N) is 1.